The third kappa shape index (κ3) is 3.77. The van der Waals surface area contributed by atoms with Gasteiger partial charge >= 0.3 is 0 Å². The summed E-state index contributed by atoms with van der Waals surface area (Å²) in [6, 6.07) is 12.2. The number of hydrogen-bond acceptors (Lipinski definition) is 7. The molecule has 0 saturated heterocycles. The molecule has 8 nitrogen and oxygen atoms in total. The molecule has 0 aliphatic carbocycles. The lowest BCUT2D eigenvalue weighted by Crippen LogP contribution is -2.16. The first-order valence-electron chi connectivity index (χ1n) is 8.90. The average Bonchev–Trinajstić information content (AvgIpc) is 3.16. The molecule has 0 N–H and O–H groups in total. The molecular formula is C20H18N4O4S. The van der Waals surface area contributed by atoms with Crippen LogP contribution in [0.25, 0.3) is 11.3 Å². The van der Waals surface area contributed by atoms with Gasteiger partial charge in [-0.05, 0) is 25.1 Å². The van der Waals surface area contributed by atoms with Crippen LogP contribution < -0.4 is 14.3 Å². The number of nitro benzene ring substituents is 1. The van der Waals surface area contributed by atoms with Crippen LogP contribution >= 0.6 is 11.3 Å². The van der Waals surface area contributed by atoms with Gasteiger partial charge in [-0.15, -0.1) is 11.3 Å². The SMILES string of the molecule is CN=c1scc(-c2cccc([N+](=O)[O-])c2)n1N=C(C)c1ccc2c(c1)OCCO2. The average molecular weight is 410 g/mol. The van der Waals surface area contributed by atoms with Crippen LogP contribution in [0.1, 0.15) is 12.5 Å². The summed E-state index contributed by atoms with van der Waals surface area (Å²) < 4.78 is 12.9. The van der Waals surface area contributed by atoms with Crippen molar-refractivity contribution in [3.8, 4) is 22.8 Å². The Balaban J connectivity index is 1.78. The number of fused-ring (bicyclic) bond motifs is 1. The van der Waals surface area contributed by atoms with Crippen LogP contribution in [0.2, 0.25) is 0 Å². The Morgan fingerprint density at radius 2 is 1.97 bits per heavy atom. The Labute approximate surface area is 170 Å². The standard InChI is InChI=1S/C20H18N4O4S/c1-13(14-6-7-18-19(11-14)28-9-8-27-18)22-23-17(12-29-20(23)21-2)15-4-3-5-16(10-15)24(25)26/h3-7,10-12H,8-9H2,1-2H3. The zero-order valence-corrected chi connectivity index (χ0v) is 16.7. The van der Waals surface area contributed by atoms with E-state index in [4.69, 9.17) is 14.6 Å². The van der Waals surface area contributed by atoms with E-state index in [0.29, 0.717) is 29.3 Å². The van der Waals surface area contributed by atoms with Crippen LogP contribution in [0.3, 0.4) is 0 Å². The van der Waals surface area contributed by atoms with Gasteiger partial charge in [-0.2, -0.15) is 5.10 Å². The fourth-order valence-electron chi connectivity index (χ4n) is 3.00. The van der Waals surface area contributed by atoms with Crippen molar-refractivity contribution < 1.29 is 14.4 Å². The van der Waals surface area contributed by atoms with E-state index < -0.39 is 4.92 Å². The Hall–Kier alpha value is -3.46. The maximum absolute atomic E-state index is 11.1. The molecule has 0 saturated carbocycles. The van der Waals surface area contributed by atoms with Crippen molar-refractivity contribution in [3.05, 3.63) is 68.3 Å². The summed E-state index contributed by atoms with van der Waals surface area (Å²) in [5.41, 5.74) is 3.10. The molecule has 0 amide bonds. The van der Waals surface area contributed by atoms with E-state index in [-0.39, 0.29) is 5.69 Å². The molecule has 0 fully saturated rings. The van der Waals surface area contributed by atoms with E-state index in [2.05, 4.69) is 4.99 Å². The van der Waals surface area contributed by atoms with Crippen LogP contribution in [0.15, 0.2) is 57.9 Å². The second-order valence-electron chi connectivity index (χ2n) is 6.29. The lowest BCUT2D eigenvalue weighted by Gasteiger charge is -2.18. The molecule has 1 aromatic heterocycles. The third-order valence-electron chi connectivity index (χ3n) is 4.44. The lowest BCUT2D eigenvalue weighted by molar-refractivity contribution is -0.384. The van der Waals surface area contributed by atoms with Gasteiger partial charge in [-0.25, -0.2) is 4.68 Å². The molecule has 2 aromatic carbocycles. The molecule has 29 heavy (non-hydrogen) atoms. The molecule has 0 atom stereocenters. The van der Waals surface area contributed by atoms with Gasteiger partial charge in [-0.3, -0.25) is 15.1 Å². The highest BCUT2D eigenvalue weighted by molar-refractivity contribution is 7.07. The number of nitro groups is 1. The van der Waals surface area contributed by atoms with Crippen molar-refractivity contribution in [2.75, 3.05) is 20.3 Å². The molecule has 1 aliphatic heterocycles. The van der Waals surface area contributed by atoms with E-state index in [1.165, 1.54) is 23.5 Å². The molecule has 2 heterocycles. The minimum absolute atomic E-state index is 0.0303. The number of aromatic nitrogens is 1. The third-order valence-corrected chi connectivity index (χ3v) is 5.35. The van der Waals surface area contributed by atoms with E-state index in [0.717, 1.165) is 22.7 Å². The van der Waals surface area contributed by atoms with Gasteiger partial charge in [0.1, 0.15) is 13.2 Å². The van der Waals surface area contributed by atoms with Gasteiger partial charge < -0.3 is 9.47 Å². The predicted molar refractivity (Wildman–Crippen MR) is 111 cm³/mol. The van der Waals surface area contributed by atoms with Gasteiger partial charge in [-0.1, -0.05) is 12.1 Å². The first-order valence-corrected chi connectivity index (χ1v) is 9.78. The molecule has 0 spiro atoms. The molecule has 4 rings (SSSR count). The molecule has 1 aliphatic rings. The number of hydrogen-bond donors (Lipinski definition) is 0. The van der Waals surface area contributed by atoms with Crippen molar-refractivity contribution in [3.63, 3.8) is 0 Å². The summed E-state index contributed by atoms with van der Waals surface area (Å²) in [5, 5.41) is 17.8. The minimum Gasteiger partial charge on any atom is -0.486 e. The lowest BCUT2D eigenvalue weighted by atomic mass is 10.1. The summed E-state index contributed by atoms with van der Waals surface area (Å²) in [4.78, 5) is 15.7. The fourth-order valence-corrected chi connectivity index (χ4v) is 3.80. The van der Waals surface area contributed by atoms with Gasteiger partial charge in [0.15, 0.2) is 11.5 Å². The van der Waals surface area contributed by atoms with Crippen molar-refractivity contribution >= 4 is 22.7 Å². The molecule has 3 aromatic rings. The van der Waals surface area contributed by atoms with Crippen LogP contribution in [0, 0.1) is 10.1 Å². The molecule has 0 unspecified atom stereocenters. The maximum atomic E-state index is 11.1. The van der Waals surface area contributed by atoms with Gasteiger partial charge in [0.05, 0.1) is 16.3 Å². The first kappa shape index (κ1) is 18.9. The van der Waals surface area contributed by atoms with E-state index in [1.807, 2.05) is 36.6 Å². The highest BCUT2D eigenvalue weighted by atomic mass is 32.1. The highest BCUT2D eigenvalue weighted by Crippen LogP contribution is 2.31. The highest BCUT2D eigenvalue weighted by Gasteiger charge is 2.15. The van der Waals surface area contributed by atoms with Crippen LogP contribution in [0.5, 0.6) is 11.5 Å². The summed E-state index contributed by atoms with van der Waals surface area (Å²) in [5.74, 6) is 1.41. The fraction of sp³-hybridized carbons (Fsp3) is 0.200. The van der Waals surface area contributed by atoms with Crippen molar-refractivity contribution in [2.24, 2.45) is 10.1 Å². The Morgan fingerprint density at radius 3 is 2.72 bits per heavy atom. The van der Waals surface area contributed by atoms with Gasteiger partial charge in [0.2, 0.25) is 4.80 Å². The topological polar surface area (TPSA) is 91.2 Å². The Kier molecular flexibility index (Phi) is 5.13. The smallest absolute Gasteiger partial charge is 0.270 e. The number of nitrogens with zero attached hydrogens (tertiary/aromatic N) is 4. The normalized spacial score (nSPS) is 14.1. The number of thiazole rings is 1. The first-order chi connectivity index (χ1) is 14.1. The molecule has 0 bridgehead atoms. The largest absolute Gasteiger partial charge is 0.486 e. The number of benzene rings is 2. The quantitative estimate of drug-likeness (QED) is 0.372. The summed E-state index contributed by atoms with van der Waals surface area (Å²) in [6.45, 7) is 2.95. The number of rotatable bonds is 4. The van der Waals surface area contributed by atoms with Crippen LogP contribution in [-0.4, -0.2) is 35.6 Å². The Morgan fingerprint density at radius 1 is 1.17 bits per heavy atom. The van der Waals surface area contributed by atoms with Crippen molar-refractivity contribution in [1.82, 2.24) is 4.68 Å². The number of non-ortho nitro benzene ring substituents is 1. The van der Waals surface area contributed by atoms with Crippen LogP contribution in [-0.2, 0) is 0 Å². The second-order valence-corrected chi connectivity index (χ2v) is 7.13. The molecular weight excluding hydrogens is 392 g/mol. The number of ether oxygens (including phenoxy) is 2. The maximum Gasteiger partial charge on any atom is 0.270 e. The Bertz CT molecular complexity index is 1180. The monoisotopic (exact) mass is 410 g/mol. The van der Waals surface area contributed by atoms with Crippen molar-refractivity contribution in [1.29, 1.82) is 0 Å². The summed E-state index contributed by atoms with van der Waals surface area (Å²) in [7, 11) is 1.69. The summed E-state index contributed by atoms with van der Waals surface area (Å²) >= 11 is 1.42. The summed E-state index contributed by atoms with van der Waals surface area (Å²) in [6.07, 6.45) is 0. The molecule has 9 heteroatoms. The minimum atomic E-state index is -0.408. The van der Waals surface area contributed by atoms with Gasteiger partial charge in [0, 0.05) is 35.7 Å². The zero-order valence-electron chi connectivity index (χ0n) is 15.9. The van der Waals surface area contributed by atoms with E-state index >= 15 is 0 Å². The van der Waals surface area contributed by atoms with E-state index in [9.17, 15) is 10.1 Å². The van der Waals surface area contributed by atoms with Gasteiger partial charge in [0.25, 0.3) is 5.69 Å². The van der Waals surface area contributed by atoms with E-state index in [1.54, 1.807) is 17.8 Å². The zero-order chi connectivity index (χ0) is 20.4. The second kappa shape index (κ2) is 7.88. The predicted octanol–water partition coefficient (Wildman–Crippen LogP) is 3.70. The molecule has 0 radical (unpaired) electrons. The molecule has 148 valence electrons. The van der Waals surface area contributed by atoms with Crippen molar-refractivity contribution in [2.45, 2.75) is 6.92 Å². The van der Waals surface area contributed by atoms with Crippen LogP contribution in [0.4, 0.5) is 5.69 Å².